The molecule has 0 spiro atoms. The molecule has 1 aliphatic carbocycles. The Morgan fingerprint density at radius 2 is 1.86 bits per heavy atom. The minimum atomic E-state index is -0.500. The van der Waals surface area contributed by atoms with E-state index < -0.39 is 5.60 Å². The number of anilines is 1. The summed E-state index contributed by atoms with van der Waals surface area (Å²) in [6.07, 6.45) is 8.77. The van der Waals surface area contributed by atoms with Gasteiger partial charge in [0.05, 0.1) is 23.5 Å². The first-order chi connectivity index (χ1) is 17.7. The Morgan fingerprint density at radius 3 is 2.49 bits per heavy atom. The first kappa shape index (κ1) is 23.0. The molecule has 6 rings (SSSR count). The molecule has 1 aliphatic heterocycles. The molecular formula is C27H28N8O2. The second-order valence-electron chi connectivity index (χ2n) is 10.8. The van der Waals surface area contributed by atoms with Gasteiger partial charge in [0.1, 0.15) is 17.5 Å². The van der Waals surface area contributed by atoms with E-state index in [4.69, 9.17) is 9.72 Å². The first-order valence-electron chi connectivity index (χ1n) is 12.3. The number of hydrogen-bond acceptors (Lipinski definition) is 7. The van der Waals surface area contributed by atoms with Crippen molar-refractivity contribution in [1.29, 1.82) is 5.26 Å². The lowest BCUT2D eigenvalue weighted by Crippen LogP contribution is -2.38. The quantitative estimate of drug-likeness (QED) is 0.459. The Labute approximate surface area is 214 Å². The maximum Gasteiger partial charge on any atom is 0.407 e. The minimum Gasteiger partial charge on any atom is -0.444 e. The summed E-state index contributed by atoms with van der Waals surface area (Å²) < 4.78 is 8.90. The number of nitrogens with one attached hydrogen (secondary N) is 1. The summed E-state index contributed by atoms with van der Waals surface area (Å²) in [6.45, 7) is 7.29. The number of fused-ring (bicyclic) bond motifs is 2. The molecule has 1 N–H and O–H groups in total. The number of nitriles is 1. The summed E-state index contributed by atoms with van der Waals surface area (Å²) in [5.41, 5.74) is 4.49. The minimum absolute atomic E-state index is 0.167. The van der Waals surface area contributed by atoms with Crippen LogP contribution in [0.3, 0.4) is 0 Å². The highest BCUT2D eigenvalue weighted by Gasteiger charge is 2.57. The van der Waals surface area contributed by atoms with Crippen LogP contribution in [0, 0.1) is 23.2 Å². The Morgan fingerprint density at radius 1 is 1.08 bits per heavy atom. The van der Waals surface area contributed by atoms with Crippen molar-refractivity contribution in [3.63, 3.8) is 0 Å². The maximum absolute atomic E-state index is 12.1. The molecule has 4 aromatic rings. The number of carbonyl (C=O) groups excluding carboxylic acids is 1. The van der Waals surface area contributed by atoms with Gasteiger partial charge < -0.3 is 15.0 Å². The van der Waals surface area contributed by atoms with Crippen LogP contribution in [-0.4, -0.2) is 55.2 Å². The first-order valence-corrected chi connectivity index (χ1v) is 12.3. The fourth-order valence-corrected chi connectivity index (χ4v) is 5.26. The highest BCUT2D eigenvalue weighted by Crippen LogP contribution is 2.46. The molecule has 0 unspecified atom stereocenters. The number of amides is 1. The largest absolute Gasteiger partial charge is 0.444 e. The van der Waals surface area contributed by atoms with Crippen LogP contribution in [0.2, 0.25) is 0 Å². The molecule has 5 heterocycles. The molecule has 10 nitrogen and oxygen atoms in total. The van der Waals surface area contributed by atoms with Crippen molar-refractivity contribution in [2.45, 2.75) is 32.4 Å². The SMILES string of the molecule is Cn1cc(-c2cc(-c3ccc(N4C[C@@H]5[C@H](C4)[C@H]5NC(=O)OC(C)(C)C)nc3)c3c(C#N)cnn3c2)cn1. The van der Waals surface area contributed by atoms with Gasteiger partial charge in [-0.2, -0.15) is 15.5 Å². The molecule has 0 aromatic carbocycles. The topological polar surface area (TPSA) is 113 Å². The van der Waals surface area contributed by atoms with Crippen LogP contribution in [0.5, 0.6) is 0 Å². The summed E-state index contributed by atoms with van der Waals surface area (Å²) in [6, 6.07) is 8.54. The molecule has 3 atom stereocenters. The van der Waals surface area contributed by atoms with Crippen molar-refractivity contribution in [2.75, 3.05) is 18.0 Å². The zero-order valence-electron chi connectivity index (χ0n) is 21.2. The number of ether oxygens (including phenoxy) is 1. The highest BCUT2D eigenvalue weighted by atomic mass is 16.6. The molecule has 1 saturated carbocycles. The number of pyridine rings is 2. The number of carbonyl (C=O) groups is 1. The van der Waals surface area contributed by atoms with Crippen molar-refractivity contribution in [2.24, 2.45) is 18.9 Å². The van der Waals surface area contributed by atoms with Gasteiger partial charge in [-0.25, -0.2) is 14.3 Å². The van der Waals surface area contributed by atoms with Gasteiger partial charge in [-0.3, -0.25) is 4.68 Å². The lowest BCUT2D eigenvalue weighted by molar-refractivity contribution is 0.0518. The van der Waals surface area contributed by atoms with E-state index in [0.717, 1.165) is 46.7 Å². The molecule has 1 amide bonds. The Kier molecular flexibility index (Phi) is 5.19. The van der Waals surface area contributed by atoms with Crippen LogP contribution in [0.25, 0.3) is 27.8 Å². The van der Waals surface area contributed by atoms with Gasteiger partial charge in [-0.05, 0) is 39.0 Å². The third-order valence-corrected chi connectivity index (χ3v) is 7.03. The molecular weight excluding hydrogens is 468 g/mol. The number of nitrogens with zero attached hydrogens (tertiary/aromatic N) is 7. The smallest absolute Gasteiger partial charge is 0.407 e. The van der Waals surface area contributed by atoms with Gasteiger partial charge in [0.2, 0.25) is 0 Å². The second-order valence-corrected chi connectivity index (χ2v) is 10.8. The molecule has 1 saturated heterocycles. The van der Waals surface area contributed by atoms with Crippen LogP contribution in [-0.2, 0) is 11.8 Å². The van der Waals surface area contributed by atoms with E-state index in [1.54, 1.807) is 15.4 Å². The predicted molar refractivity (Wildman–Crippen MR) is 138 cm³/mol. The van der Waals surface area contributed by atoms with E-state index in [2.05, 4.69) is 32.5 Å². The van der Waals surface area contributed by atoms with E-state index in [1.807, 2.05) is 64.7 Å². The van der Waals surface area contributed by atoms with E-state index in [9.17, 15) is 10.1 Å². The third-order valence-electron chi connectivity index (χ3n) is 7.03. The van der Waals surface area contributed by atoms with Crippen molar-refractivity contribution >= 4 is 17.4 Å². The van der Waals surface area contributed by atoms with Gasteiger partial charge in [-0.1, -0.05) is 0 Å². The molecule has 188 valence electrons. The number of aryl methyl sites for hydroxylation is 1. The van der Waals surface area contributed by atoms with Crippen molar-refractivity contribution < 1.29 is 9.53 Å². The average molecular weight is 497 g/mol. The molecule has 0 bridgehead atoms. The van der Waals surface area contributed by atoms with Crippen LogP contribution >= 0.6 is 0 Å². The normalized spacial score (nSPS) is 20.5. The standard InChI is InChI=1S/C27H28N8O2/c1-27(2,3)37-26(36)32-24-21-14-34(15-22(21)24)23-6-5-16(9-29-23)20-7-17(19-11-30-33(4)12-19)13-35-25(20)18(8-28)10-31-35/h5-7,9-13,21-22,24H,14-15H2,1-4H3,(H,32,36)/t21-,22+,24+. The van der Waals surface area contributed by atoms with E-state index in [-0.39, 0.29) is 12.1 Å². The fourth-order valence-electron chi connectivity index (χ4n) is 5.26. The van der Waals surface area contributed by atoms with Crippen LogP contribution < -0.4 is 10.2 Å². The Balaban J connectivity index is 1.21. The van der Waals surface area contributed by atoms with Gasteiger partial charge in [0.25, 0.3) is 0 Å². The third kappa shape index (κ3) is 4.27. The molecule has 37 heavy (non-hydrogen) atoms. The van der Waals surface area contributed by atoms with Gasteiger partial charge in [0, 0.05) is 78.9 Å². The number of alkyl carbamates (subject to hydrolysis) is 1. The van der Waals surface area contributed by atoms with Crippen LogP contribution in [0.4, 0.5) is 10.6 Å². The van der Waals surface area contributed by atoms with Gasteiger partial charge >= 0.3 is 6.09 Å². The zero-order valence-corrected chi connectivity index (χ0v) is 21.2. The van der Waals surface area contributed by atoms with Crippen molar-refractivity contribution in [3.05, 3.63) is 54.7 Å². The number of aromatic nitrogens is 5. The van der Waals surface area contributed by atoms with E-state index in [1.165, 1.54) is 0 Å². The summed E-state index contributed by atoms with van der Waals surface area (Å²) in [7, 11) is 1.88. The molecule has 10 heteroatoms. The second kappa shape index (κ2) is 8.34. The zero-order chi connectivity index (χ0) is 25.9. The number of hydrogen-bond donors (Lipinski definition) is 1. The monoisotopic (exact) mass is 496 g/mol. The van der Waals surface area contributed by atoms with Crippen molar-refractivity contribution in [1.82, 2.24) is 29.7 Å². The Hall–Kier alpha value is -4.39. The lowest BCUT2D eigenvalue weighted by Gasteiger charge is -2.23. The highest BCUT2D eigenvalue weighted by molar-refractivity contribution is 5.87. The molecule has 4 aromatic heterocycles. The predicted octanol–water partition coefficient (Wildman–Crippen LogP) is 3.63. The van der Waals surface area contributed by atoms with Crippen LogP contribution in [0.1, 0.15) is 26.3 Å². The summed E-state index contributed by atoms with van der Waals surface area (Å²) in [5.74, 6) is 1.73. The van der Waals surface area contributed by atoms with E-state index in [0.29, 0.717) is 17.4 Å². The molecule has 0 radical (unpaired) electrons. The van der Waals surface area contributed by atoms with E-state index >= 15 is 0 Å². The summed E-state index contributed by atoms with van der Waals surface area (Å²) in [4.78, 5) is 19.1. The van der Waals surface area contributed by atoms with Crippen molar-refractivity contribution in [3.8, 4) is 28.3 Å². The summed E-state index contributed by atoms with van der Waals surface area (Å²) in [5, 5.41) is 21.4. The van der Waals surface area contributed by atoms with Gasteiger partial charge in [0.15, 0.2) is 0 Å². The molecule has 2 aliphatic rings. The summed E-state index contributed by atoms with van der Waals surface area (Å²) >= 11 is 0. The van der Waals surface area contributed by atoms with Crippen LogP contribution in [0.15, 0.2) is 49.2 Å². The Bertz CT molecular complexity index is 1530. The fraction of sp³-hybridized carbons (Fsp3) is 0.370. The average Bonchev–Trinajstić information content (AvgIpc) is 3.31. The van der Waals surface area contributed by atoms with Gasteiger partial charge in [-0.15, -0.1) is 0 Å². The molecule has 2 fully saturated rings. The lowest BCUT2D eigenvalue weighted by atomic mass is 10.0. The number of rotatable bonds is 4. The maximum atomic E-state index is 12.1. The number of piperidine rings is 1.